The highest BCUT2D eigenvalue weighted by Crippen LogP contribution is 2.57. The zero-order chi connectivity index (χ0) is 21.6. The molecule has 2 heterocycles. The SMILES string of the molecule is O=C1CC(c2cccc(Cl)c2)C2(C(=O)Nc3cc(Cl)ccc32)C(c2ccccc2)CN1. The highest BCUT2D eigenvalue weighted by molar-refractivity contribution is 6.31. The standard InChI is InChI=1S/C25H20Cl2N2O2/c26-17-8-4-7-16(11-17)20-13-23(30)28-14-21(15-5-2-1-3-6-15)25(20)19-10-9-18(27)12-22(19)29-24(25)31/h1-12,20-21H,13-14H2,(H,28,30)(H,29,31). The average molecular weight is 451 g/mol. The number of hydrogen-bond donors (Lipinski definition) is 2. The molecular weight excluding hydrogens is 431 g/mol. The summed E-state index contributed by atoms with van der Waals surface area (Å²) in [6, 6.07) is 22.9. The third kappa shape index (κ3) is 3.22. The maximum absolute atomic E-state index is 13.9. The van der Waals surface area contributed by atoms with E-state index in [0.717, 1.165) is 16.7 Å². The molecule has 0 aliphatic carbocycles. The smallest absolute Gasteiger partial charge is 0.236 e. The predicted molar refractivity (Wildman–Crippen MR) is 123 cm³/mol. The number of carbonyl (C=O) groups is 2. The molecule has 0 bridgehead atoms. The number of halogens is 2. The van der Waals surface area contributed by atoms with Gasteiger partial charge in [0.05, 0.1) is 5.41 Å². The maximum Gasteiger partial charge on any atom is 0.236 e. The van der Waals surface area contributed by atoms with Crippen LogP contribution in [0.4, 0.5) is 5.69 Å². The molecule has 3 unspecified atom stereocenters. The monoisotopic (exact) mass is 450 g/mol. The minimum atomic E-state index is -0.995. The van der Waals surface area contributed by atoms with Gasteiger partial charge in [0.1, 0.15) is 0 Å². The van der Waals surface area contributed by atoms with E-state index in [0.29, 0.717) is 22.3 Å². The molecule has 6 heteroatoms. The lowest BCUT2D eigenvalue weighted by Crippen LogP contribution is -2.46. The van der Waals surface area contributed by atoms with Crippen molar-refractivity contribution in [1.29, 1.82) is 0 Å². The molecule has 0 aromatic heterocycles. The van der Waals surface area contributed by atoms with Gasteiger partial charge in [0.2, 0.25) is 11.8 Å². The first kappa shape index (κ1) is 20.1. The zero-order valence-corrected chi connectivity index (χ0v) is 18.1. The summed E-state index contributed by atoms with van der Waals surface area (Å²) in [5, 5.41) is 7.23. The molecule has 3 aromatic rings. The van der Waals surface area contributed by atoms with Gasteiger partial charge in [-0.3, -0.25) is 9.59 Å². The van der Waals surface area contributed by atoms with Crippen molar-refractivity contribution in [3.63, 3.8) is 0 Å². The van der Waals surface area contributed by atoms with E-state index in [-0.39, 0.29) is 24.2 Å². The molecular formula is C25H20Cl2N2O2. The van der Waals surface area contributed by atoms with Gasteiger partial charge in [-0.05, 0) is 41.0 Å². The quantitative estimate of drug-likeness (QED) is 0.558. The second kappa shape index (κ2) is 7.70. The minimum Gasteiger partial charge on any atom is -0.355 e. The van der Waals surface area contributed by atoms with E-state index in [1.165, 1.54) is 0 Å². The van der Waals surface area contributed by atoms with E-state index in [1.54, 1.807) is 18.2 Å². The molecule has 0 radical (unpaired) electrons. The van der Waals surface area contributed by atoms with E-state index in [2.05, 4.69) is 10.6 Å². The Balaban J connectivity index is 1.83. The number of rotatable bonds is 2. The van der Waals surface area contributed by atoms with Crippen molar-refractivity contribution >= 4 is 40.7 Å². The summed E-state index contributed by atoms with van der Waals surface area (Å²) in [5.74, 6) is -0.883. The van der Waals surface area contributed by atoms with E-state index >= 15 is 0 Å². The van der Waals surface area contributed by atoms with Gasteiger partial charge in [-0.1, -0.05) is 71.7 Å². The van der Waals surface area contributed by atoms with Crippen molar-refractivity contribution in [1.82, 2.24) is 5.32 Å². The lowest BCUT2D eigenvalue weighted by Gasteiger charge is -2.40. The van der Waals surface area contributed by atoms with Crippen LogP contribution in [-0.4, -0.2) is 18.4 Å². The van der Waals surface area contributed by atoms with Gasteiger partial charge in [0, 0.05) is 40.5 Å². The third-order valence-corrected chi connectivity index (χ3v) is 6.97. The first-order valence-electron chi connectivity index (χ1n) is 10.2. The van der Waals surface area contributed by atoms with Gasteiger partial charge in [-0.15, -0.1) is 0 Å². The second-order valence-corrected chi connectivity index (χ2v) is 8.96. The number of nitrogens with one attached hydrogen (secondary N) is 2. The van der Waals surface area contributed by atoms with Crippen molar-refractivity contribution in [3.8, 4) is 0 Å². The molecule has 2 aliphatic rings. The molecule has 2 N–H and O–H groups in total. The fourth-order valence-electron chi connectivity index (χ4n) is 5.23. The van der Waals surface area contributed by atoms with E-state index in [4.69, 9.17) is 23.2 Å². The number of hydrogen-bond acceptors (Lipinski definition) is 2. The van der Waals surface area contributed by atoms with Crippen LogP contribution in [-0.2, 0) is 15.0 Å². The summed E-state index contributed by atoms with van der Waals surface area (Å²) in [6.07, 6.45) is 0.180. The Hall–Kier alpha value is -2.82. The number of fused-ring (bicyclic) bond motifs is 2. The van der Waals surface area contributed by atoms with Crippen LogP contribution in [0.15, 0.2) is 72.8 Å². The predicted octanol–water partition coefficient (Wildman–Crippen LogP) is 5.27. The molecule has 0 saturated carbocycles. The second-order valence-electron chi connectivity index (χ2n) is 8.09. The highest BCUT2D eigenvalue weighted by Gasteiger charge is 2.59. The molecule has 2 aliphatic heterocycles. The normalized spacial score (nSPS) is 25.0. The molecule has 156 valence electrons. The van der Waals surface area contributed by atoms with Gasteiger partial charge < -0.3 is 10.6 Å². The van der Waals surface area contributed by atoms with Crippen molar-refractivity contribution in [2.45, 2.75) is 23.7 Å². The first-order valence-corrected chi connectivity index (χ1v) is 10.9. The summed E-state index contributed by atoms with van der Waals surface area (Å²) in [4.78, 5) is 26.7. The summed E-state index contributed by atoms with van der Waals surface area (Å²) in [5.41, 5.74) is 2.42. The summed E-state index contributed by atoms with van der Waals surface area (Å²) >= 11 is 12.6. The largest absolute Gasteiger partial charge is 0.355 e. The van der Waals surface area contributed by atoms with Crippen LogP contribution in [0.5, 0.6) is 0 Å². The van der Waals surface area contributed by atoms with Crippen LogP contribution in [0.3, 0.4) is 0 Å². The molecule has 1 fully saturated rings. The van der Waals surface area contributed by atoms with Crippen LogP contribution >= 0.6 is 23.2 Å². The van der Waals surface area contributed by atoms with E-state index in [1.807, 2.05) is 54.6 Å². The Kier molecular flexibility index (Phi) is 4.99. The van der Waals surface area contributed by atoms with E-state index < -0.39 is 11.3 Å². The molecule has 5 rings (SSSR count). The van der Waals surface area contributed by atoms with Crippen molar-refractivity contribution < 1.29 is 9.59 Å². The third-order valence-electron chi connectivity index (χ3n) is 6.50. The Morgan fingerprint density at radius 2 is 1.55 bits per heavy atom. The molecule has 1 spiro atoms. The average Bonchev–Trinajstić information content (AvgIpc) is 2.93. The molecule has 3 atom stereocenters. The van der Waals surface area contributed by atoms with Crippen LogP contribution < -0.4 is 10.6 Å². The Bertz CT molecular complexity index is 1180. The van der Waals surface area contributed by atoms with E-state index in [9.17, 15) is 9.59 Å². The van der Waals surface area contributed by atoms with Crippen LogP contribution in [0.25, 0.3) is 0 Å². The topological polar surface area (TPSA) is 58.2 Å². The number of anilines is 1. The Morgan fingerprint density at radius 3 is 2.32 bits per heavy atom. The molecule has 1 saturated heterocycles. The first-order chi connectivity index (χ1) is 15.0. The fourth-order valence-corrected chi connectivity index (χ4v) is 5.60. The summed E-state index contributed by atoms with van der Waals surface area (Å²) in [6.45, 7) is 0.357. The molecule has 2 amide bonds. The van der Waals surface area contributed by atoms with Gasteiger partial charge in [0.15, 0.2) is 0 Å². The fraction of sp³-hybridized carbons (Fsp3) is 0.200. The highest BCUT2D eigenvalue weighted by atomic mass is 35.5. The Labute approximate surface area is 190 Å². The number of amides is 2. The lowest BCUT2D eigenvalue weighted by molar-refractivity contribution is -0.123. The van der Waals surface area contributed by atoms with Crippen molar-refractivity contribution in [3.05, 3.63) is 99.5 Å². The maximum atomic E-state index is 13.9. The van der Waals surface area contributed by atoms with Gasteiger partial charge in [-0.25, -0.2) is 0 Å². The molecule has 31 heavy (non-hydrogen) atoms. The van der Waals surface area contributed by atoms with Crippen LogP contribution in [0.2, 0.25) is 10.0 Å². The number of benzene rings is 3. The zero-order valence-electron chi connectivity index (χ0n) is 16.6. The molecule has 4 nitrogen and oxygen atoms in total. The summed E-state index contributed by atoms with van der Waals surface area (Å²) in [7, 11) is 0. The van der Waals surface area contributed by atoms with Crippen molar-refractivity contribution in [2.75, 3.05) is 11.9 Å². The number of carbonyl (C=O) groups excluding carboxylic acids is 2. The molecule has 3 aromatic carbocycles. The Morgan fingerprint density at radius 1 is 0.806 bits per heavy atom. The lowest BCUT2D eigenvalue weighted by atomic mass is 9.59. The van der Waals surface area contributed by atoms with Crippen LogP contribution in [0, 0.1) is 0 Å². The van der Waals surface area contributed by atoms with Gasteiger partial charge in [0.25, 0.3) is 0 Å². The summed E-state index contributed by atoms with van der Waals surface area (Å²) < 4.78 is 0. The van der Waals surface area contributed by atoms with Gasteiger partial charge in [-0.2, -0.15) is 0 Å². The van der Waals surface area contributed by atoms with Gasteiger partial charge >= 0.3 is 0 Å². The van der Waals surface area contributed by atoms with Crippen LogP contribution in [0.1, 0.15) is 34.9 Å². The minimum absolute atomic E-state index is 0.0852. The van der Waals surface area contributed by atoms with Crippen molar-refractivity contribution in [2.24, 2.45) is 0 Å².